The average Bonchev–Trinajstić information content (AvgIpc) is 2.77. The molecule has 3 nitrogen and oxygen atoms in total. The average molecular weight is 225 g/mol. The molecule has 2 saturated carbocycles. The van der Waals surface area contributed by atoms with Crippen LogP contribution in [0, 0.1) is 17.8 Å². The lowest BCUT2D eigenvalue weighted by Gasteiger charge is -2.31. The molecule has 0 spiro atoms. The van der Waals surface area contributed by atoms with Gasteiger partial charge in [0, 0.05) is 12.1 Å². The molecule has 0 aromatic carbocycles. The summed E-state index contributed by atoms with van der Waals surface area (Å²) in [5.74, 6) is 0.339. The first kappa shape index (κ1) is 11.9. The van der Waals surface area contributed by atoms with Crippen LogP contribution in [0.2, 0.25) is 0 Å². The second-order valence-electron chi connectivity index (χ2n) is 5.58. The van der Waals surface area contributed by atoms with Crippen LogP contribution < -0.4 is 5.32 Å². The number of hydrogen-bond acceptors (Lipinski definition) is 2. The number of carbonyl (C=O) groups is 1. The number of nitrogens with one attached hydrogen (secondary N) is 1. The minimum atomic E-state index is -0.589. The molecule has 0 aromatic rings. The predicted octanol–water partition coefficient (Wildman–Crippen LogP) is 2.26. The largest absolute Gasteiger partial charge is 0.481 e. The highest BCUT2D eigenvalue weighted by Crippen LogP contribution is 2.48. The molecule has 2 N–H and O–H groups in total. The van der Waals surface area contributed by atoms with Gasteiger partial charge in [0.25, 0.3) is 0 Å². The maximum atomic E-state index is 11.3. The van der Waals surface area contributed by atoms with Crippen LogP contribution in [0.4, 0.5) is 0 Å². The molecule has 0 saturated heterocycles. The Balaban J connectivity index is 1.99. The maximum Gasteiger partial charge on any atom is 0.308 e. The van der Waals surface area contributed by atoms with Crippen LogP contribution in [0.25, 0.3) is 0 Å². The fraction of sp³-hybridized carbons (Fsp3) is 0.923. The summed E-state index contributed by atoms with van der Waals surface area (Å²) < 4.78 is 0. The summed E-state index contributed by atoms with van der Waals surface area (Å²) in [5.41, 5.74) is 0. The van der Waals surface area contributed by atoms with Crippen molar-refractivity contribution in [3.63, 3.8) is 0 Å². The Morgan fingerprint density at radius 3 is 2.75 bits per heavy atom. The molecule has 2 aliphatic rings. The van der Waals surface area contributed by atoms with Crippen molar-refractivity contribution in [2.75, 3.05) is 0 Å². The van der Waals surface area contributed by atoms with Crippen molar-refractivity contribution in [3.05, 3.63) is 0 Å². The van der Waals surface area contributed by atoms with E-state index < -0.39 is 5.97 Å². The molecular weight excluding hydrogens is 202 g/mol. The van der Waals surface area contributed by atoms with E-state index in [1.165, 1.54) is 6.42 Å². The zero-order valence-corrected chi connectivity index (χ0v) is 10.3. The first-order valence-electron chi connectivity index (χ1n) is 6.62. The highest BCUT2D eigenvalue weighted by Gasteiger charge is 2.50. The normalized spacial score (nSPS) is 38.9. The molecule has 2 fully saturated rings. The van der Waals surface area contributed by atoms with Crippen LogP contribution in [0.3, 0.4) is 0 Å². The molecule has 3 heteroatoms. The van der Waals surface area contributed by atoms with E-state index in [0.29, 0.717) is 17.9 Å². The van der Waals surface area contributed by atoms with Crippen molar-refractivity contribution in [3.8, 4) is 0 Å². The third-order valence-corrected chi connectivity index (χ3v) is 4.40. The van der Waals surface area contributed by atoms with Crippen LogP contribution >= 0.6 is 0 Å². The van der Waals surface area contributed by atoms with Gasteiger partial charge in [0.15, 0.2) is 0 Å². The van der Waals surface area contributed by atoms with Crippen molar-refractivity contribution in [1.82, 2.24) is 5.32 Å². The molecule has 0 aromatic heterocycles. The summed E-state index contributed by atoms with van der Waals surface area (Å²) in [4.78, 5) is 11.3. The third-order valence-electron chi connectivity index (χ3n) is 4.40. The number of rotatable bonds is 5. The highest BCUT2D eigenvalue weighted by molar-refractivity contribution is 5.72. The van der Waals surface area contributed by atoms with Gasteiger partial charge in [-0.05, 0) is 44.4 Å². The zero-order valence-electron chi connectivity index (χ0n) is 10.3. The molecule has 0 amide bonds. The topological polar surface area (TPSA) is 49.3 Å². The fourth-order valence-corrected chi connectivity index (χ4v) is 3.73. The highest BCUT2D eigenvalue weighted by atomic mass is 16.4. The Labute approximate surface area is 97.6 Å². The van der Waals surface area contributed by atoms with Crippen LogP contribution in [-0.2, 0) is 4.79 Å². The van der Waals surface area contributed by atoms with E-state index in [9.17, 15) is 9.90 Å². The summed E-state index contributed by atoms with van der Waals surface area (Å²) >= 11 is 0. The van der Waals surface area contributed by atoms with Crippen molar-refractivity contribution in [2.45, 2.75) is 58.0 Å². The minimum absolute atomic E-state index is 0.127. The molecule has 2 rings (SSSR count). The summed E-state index contributed by atoms with van der Waals surface area (Å²) in [6.45, 7) is 4.35. The lowest BCUT2D eigenvalue weighted by atomic mass is 9.84. The zero-order chi connectivity index (χ0) is 11.7. The summed E-state index contributed by atoms with van der Waals surface area (Å²) in [7, 11) is 0. The quantitative estimate of drug-likeness (QED) is 0.754. The van der Waals surface area contributed by atoms with E-state index in [0.717, 1.165) is 25.7 Å². The summed E-state index contributed by atoms with van der Waals surface area (Å²) in [6.07, 6.45) is 5.79. The Bertz CT molecular complexity index is 267. The van der Waals surface area contributed by atoms with Crippen LogP contribution in [0.5, 0.6) is 0 Å². The molecule has 0 aliphatic heterocycles. The second-order valence-corrected chi connectivity index (χ2v) is 5.58. The van der Waals surface area contributed by atoms with Gasteiger partial charge in [-0.1, -0.05) is 13.3 Å². The van der Waals surface area contributed by atoms with Gasteiger partial charge in [0.1, 0.15) is 0 Å². The van der Waals surface area contributed by atoms with E-state index in [-0.39, 0.29) is 12.0 Å². The molecule has 2 bridgehead atoms. The van der Waals surface area contributed by atoms with E-state index in [2.05, 4.69) is 19.2 Å². The number of carboxylic acid groups (broad SMARTS) is 1. The van der Waals surface area contributed by atoms with E-state index >= 15 is 0 Å². The maximum absolute atomic E-state index is 11.3. The Morgan fingerprint density at radius 1 is 1.44 bits per heavy atom. The smallest absolute Gasteiger partial charge is 0.308 e. The van der Waals surface area contributed by atoms with Crippen molar-refractivity contribution < 1.29 is 9.90 Å². The molecule has 2 aliphatic carbocycles. The Kier molecular flexibility index (Phi) is 3.53. The molecule has 5 unspecified atom stereocenters. The van der Waals surface area contributed by atoms with Gasteiger partial charge in [0.05, 0.1) is 5.92 Å². The van der Waals surface area contributed by atoms with Crippen molar-refractivity contribution in [1.29, 1.82) is 0 Å². The van der Waals surface area contributed by atoms with Crippen molar-refractivity contribution in [2.24, 2.45) is 17.8 Å². The monoisotopic (exact) mass is 225 g/mol. The predicted molar refractivity (Wildman–Crippen MR) is 63.3 cm³/mol. The van der Waals surface area contributed by atoms with Gasteiger partial charge in [-0.3, -0.25) is 4.79 Å². The van der Waals surface area contributed by atoms with Crippen LogP contribution in [0.15, 0.2) is 0 Å². The van der Waals surface area contributed by atoms with Crippen LogP contribution in [0.1, 0.15) is 46.0 Å². The Morgan fingerprint density at radius 2 is 2.12 bits per heavy atom. The first-order chi connectivity index (χ1) is 7.63. The van der Waals surface area contributed by atoms with Crippen molar-refractivity contribution >= 4 is 5.97 Å². The molecule has 0 heterocycles. The number of hydrogen-bond donors (Lipinski definition) is 2. The van der Waals surface area contributed by atoms with E-state index in [1.54, 1.807) is 0 Å². The third kappa shape index (κ3) is 2.10. The van der Waals surface area contributed by atoms with Crippen LogP contribution in [-0.4, -0.2) is 23.2 Å². The number of carboxylic acids is 1. The fourth-order valence-electron chi connectivity index (χ4n) is 3.73. The van der Waals surface area contributed by atoms with Gasteiger partial charge in [-0.15, -0.1) is 0 Å². The minimum Gasteiger partial charge on any atom is -0.481 e. The summed E-state index contributed by atoms with van der Waals surface area (Å²) in [5, 5.41) is 12.9. The Hall–Kier alpha value is -0.570. The molecular formula is C13H23NO2. The van der Waals surface area contributed by atoms with E-state index in [4.69, 9.17) is 0 Å². The first-order valence-corrected chi connectivity index (χ1v) is 6.62. The summed E-state index contributed by atoms with van der Waals surface area (Å²) in [6, 6.07) is 0.689. The van der Waals surface area contributed by atoms with Gasteiger partial charge in [0.2, 0.25) is 0 Å². The molecule has 16 heavy (non-hydrogen) atoms. The molecule has 0 radical (unpaired) electrons. The second kappa shape index (κ2) is 4.74. The van der Waals surface area contributed by atoms with Gasteiger partial charge >= 0.3 is 5.97 Å². The van der Waals surface area contributed by atoms with Gasteiger partial charge in [-0.2, -0.15) is 0 Å². The van der Waals surface area contributed by atoms with Gasteiger partial charge < -0.3 is 10.4 Å². The SMILES string of the molecule is CCCC(C)NC1C2CCC(C2)C1C(=O)O. The lowest BCUT2D eigenvalue weighted by Crippen LogP contribution is -2.47. The molecule has 5 atom stereocenters. The van der Waals surface area contributed by atoms with Gasteiger partial charge in [-0.25, -0.2) is 0 Å². The standard InChI is InChI=1S/C13H23NO2/c1-3-4-8(2)14-12-10-6-5-9(7-10)11(12)13(15)16/h8-12,14H,3-7H2,1-2H3,(H,15,16). The number of fused-ring (bicyclic) bond motifs is 2. The van der Waals surface area contributed by atoms with E-state index in [1.807, 2.05) is 0 Å². The molecule has 92 valence electrons. The lowest BCUT2D eigenvalue weighted by molar-refractivity contribution is -0.144. The number of aliphatic carboxylic acids is 1.